The molecule has 2 aromatic rings. The summed E-state index contributed by atoms with van der Waals surface area (Å²) in [5, 5.41) is 0. The Bertz CT molecular complexity index is 750. The van der Waals surface area contributed by atoms with Crippen molar-refractivity contribution in [3.63, 3.8) is 0 Å². The van der Waals surface area contributed by atoms with Crippen molar-refractivity contribution in [1.82, 2.24) is 4.57 Å². The second-order valence-electron chi connectivity index (χ2n) is 4.71. The van der Waals surface area contributed by atoms with Gasteiger partial charge in [0.05, 0.1) is 11.4 Å². The molecule has 3 nitrogen and oxygen atoms in total. The van der Waals surface area contributed by atoms with Crippen LogP contribution in [0.15, 0.2) is 23.1 Å². The van der Waals surface area contributed by atoms with Crippen molar-refractivity contribution >= 4 is 28.7 Å². The van der Waals surface area contributed by atoms with E-state index in [9.17, 15) is 22.8 Å². The molecule has 0 saturated heterocycles. The van der Waals surface area contributed by atoms with Crippen LogP contribution in [0.1, 0.15) is 20.8 Å². The number of halogens is 4. The number of carbonyl (C=O) groups is 1. The largest absolute Gasteiger partial charge is 0.309 e. The highest BCUT2D eigenvalue weighted by Crippen LogP contribution is 2.27. The van der Waals surface area contributed by atoms with Gasteiger partial charge in [-0.05, 0) is 24.6 Å². The fraction of sp³-hybridized carbons (Fsp3) is 0.286. The normalized spacial score (nSPS) is 11.2. The highest BCUT2D eigenvalue weighted by molar-refractivity contribution is 7.18. The number of nitrogens with zero attached hydrogens (tertiary/aromatic N) is 1. The number of aromatic nitrogens is 1. The molecule has 2 heterocycles. The second-order valence-corrected chi connectivity index (χ2v) is 6.37. The number of hydrogen-bond donors (Lipinski definition) is 0. The molecular formula is C14H11ClF3NO2S. The number of ketones is 1. The molecule has 0 atom stereocenters. The van der Waals surface area contributed by atoms with Crippen LogP contribution in [0.4, 0.5) is 13.2 Å². The van der Waals surface area contributed by atoms with Gasteiger partial charge in [-0.3, -0.25) is 9.59 Å². The van der Waals surface area contributed by atoms with Gasteiger partial charge >= 0.3 is 0 Å². The fourth-order valence-corrected chi connectivity index (χ4v) is 3.00. The zero-order valence-electron chi connectivity index (χ0n) is 11.4. The minimum atomic E-state index is -2.67. The van der Waals surface area contributed by atoms with Crippen LogP contribution >= 0.6 is 22.9 Å². The first-order valence-corrected chi connectivity index (χ1v) is 7.43. The molecule has 0 N–H and O–H groups in total. The number of carbonyl (C=O) groups excluding carboxylic acids is 1. The molecule has 22 heavy (non-hydrogen) atoms. The van der Waals surface area contributed by atoms with Crippen LogP contribution in [0.3, 0.4) is 0 Å². The van der Waals surface area contributed by atoms with E-state index in [0.717, 1.165) is 22.0 Å². The van der Waals surface area contributed by atoms with Gasteiger partial charge in [0.2, 0.25) is 0 Å². The lowest BCUT2D eigenvalue weighted by molar-refractivity contribution is 0.0996. The highest BCUT2D eigenvalue weighted by Gasteiger charge is 2.16. The average molecular weight is 350 g/mol. The number of Topliss-reactive ketones (excluding diaryl/α,β-unsaturated/α-hetero) is 1. The van der Waals surface area contributed by atoms with Crippen LogP contribution < -0.4 is 5.56 Å². The van der Waals surface area contributed by atoms with E-state index in [2.05, 4.69) is 0 Å². The monoisotopic (exact) mass is 349 g/mol. The summed E-state index contributed by atoms with van der Waals surface area (Å²) in [5.74, 6) is -1.06. The van der Waals surface area contributed by atoms with Gasteiger partial charge in [-0.2, -0.15) is 0 Å². The van der Waals surface area contributed by atoms with Crippen LogP contribution in [0, 0.1) is 12.7 Å². The summed E-state index contributed by atoms with van der Waals surface area (Å²) in [7, 11) is 0. The van der Waals surface area contributed by atoms with Crippen LogP contribution in [0.5, 0.6) is 0 Å². The van der Waals surface area contributed by atoms with E-state index in [1.165, 1.54) is 19.2 Å². The average Bonchev–Trinajstić information content (AvgIpc) is 2.75. The minimum Gasteiger partial charge on any atom is -0.309 e. The van der Waals surface area contributed by atoms with Crippen LogP contribution in [-0.4, -0.2) is 16.8 Å². The third kappa shape index (κ3) is 3.78. The van der Waals surface area contributed by atoms with Crippen molar-refractivity contribution in [2.45, 2.75) is 26.3 Å². The molecule has 118 valence electrons. The summed E-state index contributed by atoms with van der Waals surface area (Å²) in [5.41, 5.74) is 0.149. The maximum Gasteiger partial charge on any atom is 0.256 e. The molecule has 2 aromatic heterocycles. The highest BCUT2D eigenvalue weighted by atomic mass is 35.5. The number of alkyl halides is 2. The number of aryl methyl sites for hydroxylation is 1. The lowest BCUT2D eigenvalue weighted by Crippen LogP contribution is -2.25. The smallest absolute Gasteiger partial charge is 0.256 e. The third-order valence-electron chi connectivity index (χ3n) is 2.94. The molecule has 0 amide bonds. The second kappa shape index (κ2) is 6.66. The van der Waals surface area contributed by atoms with Gasteiger partial charge < -0.3 is 4.57 Å². The van der Waals surface area contributed by atoms with E-state index < -0.39 is 30.1 Å². The Morgan fingerprint density at radius 3 is 2.64 bits per heavy atom. The lowest BCUT2D eigenvalue weighted by Gasteiger charge is -2.09. The maximum absolute atomic E-state index is 13.2. The first-order chi connectivity index (χ1) is 10.3. The van der Waals surface area contributed by atoms with E-state index in [-0.39, 0.29) is 21.2 Å². The quantitative estimate of drug-likeness (QED) is 0.772. The van der Waals surface area contributed by atoms with Gasteiger partial charge in [0.15, 0.2) is 11.6 Å². The molecule has 0 aliphatic heterocycles. The van der Waals surface area contributed by atoms with E-state index >= 15 is 0 Å². The molecule has 0 saturated carbocycles. The Kier molecular flexibility index (Phi) is 5.08. The van der Waals surface area contributed by atoms with Crippen molar-refractivity contribution in [2.75, 3.05) is 0 Å². The Morgan fingerprint density at radius 1 is 1.41 bits per heavy atom. The van der Waals surface area contributed by atoms with E-state index in [4.69, 9.17) is 11.6 Å². The van der Waals surface area contributed by atoms with Crippen LogP contribution in [0.2, 0.25) is 4.34 Å². The van der Waals surface area contributed by atoms with E-state index in [1.807, 2.05) is 0 Å². The molecule has 0 aliphatic rings. The van der Waals surface area contributed by atoms with Gasteiger partial charge in [-0.15, -0.1) is 11.3 Å². The minimum absolute atomic E-state index is 0.109. The predicted molar refractivity (Wildman–Crippen MR) is 78.8 cm³/mol. The van der Waals surface area contributed by atoms with Crippen LogP contribution in [-0.2, 0) is 13.0 Å². The summed E-state index contributed by atoms with van der Waals surface area (Å²) in [4.78, 5) is 23.9. The van der Waals surface area contributed by atoms with Gasteiger partial charge in [0.25, 0.3) is 12.0 Å². The number of thiophene rings is 1. The van der Waals surface area contributed by atoms with Gasteiger partial charge in [0, 0.05) is 18.2 Å². The standard InChI is InChI=1S/C14H11ClF3NO2S/c1-7-2-8(5-19(14(7)21)6-12(17)18)3-10(20)11-4-9(16)13(15)22-11/h2,4-5,12H,3,6H2,1H3. The Balaban J connectivity index is 2.27. The molecule has 0 fully saturated rings. The topological polar surface area (TPSA) is 39.1 Å². The van der Waals surface area contributed by atoms with Crippen molar-refractivity contribution in [3.8, 4) is 0 Å². The molecule has 0 radical (unpaired) electrons. The lowest BCUT2D eigenvalue weighted by atomic mass is 10.1. The maximum atomic E-state index is 13.2. The van der Waals surface area contributed by atoms with Crippen molar-refractivity contribution in [1.29, 1.82) is 0 Å². The SMILES string of the molecule is Cc1cc(CC(=O)c2cc(F)c(Cl)s2)cn(CC(F)F)c1=O. The van der Waals surface area contributed by atoms with Gasteiger partial charge in [-0.25, -0.2) is 13.2 Å². The van der Waals surface area contributed by atoms with E-state index in [0.29, 0.717) is 5.56 Å². The fourth-order valence-electron chi connectivity index (χ4n) is 2.00. The number of hydrogen-bond acceptors (Lipinski definition) is 3. The van der Waals surface area contributed by atoms with Gasteiger partial charge in [-0.1, -0.05) is 11.6 Å². The Hall–Kier alpha value is -1.60. The van der Waals surface area contributed by atoms with Gasteiger partial charge in [0.1, 0.15) is 4.34 Å². The third-order valence-corrected chi connectivity index (χ3v) is 4.29. The molecule has 0 aromatic carbocycles. The van der Waals surface area contributed by atoms with Crippen LogP contribution in [0.25, 0.3) is 0 Å². The zero-order chi connectivity index (χ0) is 16.4. The Morgan fingerprint density at radius 2 is 2.09 bits per heavy atom. The molecule has 0 aliphatic carbocycles. The predicted octanol–water partition coefficient (Wildman–Crippen LogP) is 3.70. The van der Waals surface area contributed by atoms with E-state index in [1.54, 1.807) is 0 Å². The van der Waals surface area contributed by atoms with Crippen molar-refractivity contribution in [2.24, 2.45) is 0 Å². The number of rotatable bonds is 5. The molecule has 2 rings (SSSR count). The summed E-state index contributed by atoms with van der Waals surface area (Å²) in [6.07, 6.45) is -1.57. The number of pyridine rings is 1. The molecular weight excluding hydrogens is 339 g/mol. The molecule has 0 spiro atoms. The molecule has 8 heteroatoms. The Labute approximate surface area is 133 Å². The first kappa shape index (κ1) is 16.8. The van der Waals surface area contributed by atoms with Crippen molar-refractivity contribution < 1.29 is 18.0 Å². The molecule has 0 bridgehead atoms. The zero-order valence-corrected chi connectivity index (χ0v) is 13.0. The summed E-state index contributed by atoms with van der Waals surface area (Å²) >= 11 is 6.38. The summed E-state index contributed by atoms with van der Waals surface area (Å²) < 4.78 is 38.8. The molecule has 0 unspecified atom stereocenters. The first-order valence-electron chi connectivity index (χ1n) is 6.24. The van der Waals surface area contributed by atoms with Crippen molar-refractivity contribution in [3.05, 3.63) is 54.8 Å². The summed E-state index contributed by atoms with van der Waals surface area (Å²) in [6, 6.07) is 2.51. The summed E-state index contributed by atoms with van der Waals surface area (Å²) in [6.45, 7) is 0.751.